The molecule has 0 fully saturated rings. The molecule has 0 heterocycles. The first-order valence-corrected chi connectivity index (χ1v) is 3.61. The molecule has 0 saturated heterocycles. The second-order valence-electron chi connectivity index (χ2n) is 2.22. The Balaban J connectivity index is 2.33. The largest absolute Gasteiger partial charge is 0.496 e. The average molecular weight is 161 g/mol. The van der Waals surface area contributed by atoms with Crippen LogP contribution in [0.1, 0.15) is 5.56 Å². The van der Waals surface area contributed by atoms with Crippen molar-refractivity contribution in [3.05, 3.63) is 48.2 Å². The van der Waals surface area contributed by atoms with Gasteiger partial charge in [-0.3, -0.25) is 4.79 Å². The topological polar surface area (TPSA) is 26.3 Å². The zero-order chi connectivity index (χ0) is 8.65. The molecular weight excluding hydrogens is 152 g/mol. The van der Waals surface area contributed by atoms with Crippen molar-refractivity contribution in [2.45, 2.75) is 6.61 Å². The molecule has 1 aromatic carbocycles. The van der Waals surface area contributed by atoms with Gasteiger partial charge in [-0.05, 0) is 5.56 Å². The third-order valence-electron chi connectivity index (χ3n) is 1.33. The summed E-state index contributed by atoms with van der Waals surface area (Å²) in [4.78, 5) is 9.72. The summed E-state index contributed by atoms with van der Waals surface area (Å²) in [5, 5.41) is 0. The number of benzene rings is 1. The lowest BCUT2D eigenvalue weighted by Crippen LogP contribution is -1.84. The van der Waals surface area contributed by atoms with Crippen molar-refractivity contribution < 1.29 is 9.53 Å². The Morgan fingerprint density at radius 3 is 2.75 bits per heavy atom. The van der Waals surface area contributed by atoms with Crippen LogP contribution in [-0.4, -0.2) is 6.29 Å². The molecule has 0 aliphatic rings. The molecule has 0 bridgehead atoms. The molecule has 0 unspecified atom stereocenters. The number of rotatable bonds is 4. The standard InChI is InChI=1S/C10H9O2/c11-7-4-8-12-9-10-5-2-1-3-6-10/h1-6,8H,9H2. The summed E-state index contributed by atoms with van der Waals surface area (Å²) in [6, 6.07) is 9.73. The number of hydrogen-bond donors (Lipinski definition) is 0. The van der Waals surface area contributed by atoms with Gasteiger partial charge in [0.1, 0.15) is 6.61 Å². The molecule has 0 aliphatic carbocycles. The lowest BCUT2D eigenvalue weighted by atomic mass is 10.2. The quantitative estimate of drug-likeness (QED) is 0.497. The van der Waals surface area contributed by atoms with Gasteiger partial charge < -0.3 is 4.74 Å². The van der Waals surface area contributed by atoms with E-state index in [-0.39, 0.29) is 0 Å². The number of ether oxygens (including phenoxy) is 1. The van der Waals surface area contributed by atoms with Crippen molar-refractivity contribution in [2.75, 3.05) is 0 Å². The van der Waals surface area contributed by atoms with Gasteiger partial charge in [-0.1, -0.05) is 30.3 Å². The molecule has 12 heavy (non-hydrogen) atoms. The monoisotopic (exact) mass is 161 g/mol. The van der Waals surface area contributed by atoms with Crippen LogP contribution < -0.4 is 0 Å². The molecule has 2 nitrogen and oxygen atoms in total. The summed E-state index contributed by atoms with van der Waals surface area (Å²) in [6.45, 7) is 0.485. The van der Waals surface area contributed by atoms with E-state index in [2.05, 4.69) is 0 Å². The van der Waals surface area contributed by atoms with Gasteiger partial charge in [-0.2, -0.15) is 0 Å². The Morgan fingerprint density at radius 2 is 2.08 bits per heavy atom. The highest BCUT2D eigenvalue weighted by Crippen LogP contribution is 1.99. The molecule has 0 atom stereocenters. The molecule has 0 spiro atoms. The molecule has 1 radical (unpaired) electrons. The van der Waals surface area contributed by atoms with Crippen LogP contribution in [0.15, 0.2) is 42.7 Å². The van der Waals surface area contributed by atoms with Crippen molar-refractivity contribution in [1.82, 2.24) is 0 Å². The van der Waals surface area contributed by atoms with Gasteiger partial charge in [0.15, 0.2) is 0 Å². The maximum atomic E-state index is 9.72. The lowest BCUT2D eigenvalue weighted by molar-refractivity contribution is 0.237. The molecular formula is C10H9O2. The van der Waals surface area contributed by atoms with Gasteiger partial charge in [0.05, 0.1) is 6.26 Å². The molecule has 61 valence electrons. The summed E-state index contributed by atoms with van der Waals surface area (Å²) in [7, 11) is 0. The van der Waals surface area contributed by atoms with Crippen LogP contribution in [-0.2, 0) is 16.1 Å². The van der Waals surface area contributed by atoms with Crippen LogP contribution in [0.2, 0.25) is 0 Å². The first-order valence-electron chi connectivity index (χ1n) is 3.61. The van der Waals surface area contributed by atoms with Crippen LogP contribution in [0.4, 0.5) is 0 Å². The number of hydrogen-bond acceptors (Lipinski definition) is 2. The summed E-state index contributed by atoms with van der Waals surface area (Å²) < 4.78 is 5.02. The minimum atomic E-state index is 0.485. The van der Waals surface area contributed by atoms with Crippen molar-refractivity contribution in [2.24, 2.45) is 0 Å². The van der Waals surface area contributed by atoms with Crippen LogP contribution in [0.25, 0.3) is 0 Å². The number of carbonyl (C=O) groups excluding carboxylic acids is 1. The Morgan fingerprint density at radius 1 is 1.33 bits per heavy atom. The van der Waals surface area contributed by atoms with Crippen molar-refractivity contribution in [3.8, 4) is 0 Å². The van der Waals surface area contributed by atoms with E-state index < -0.39 is 0 Å². The van der Waals surface area contributed by atoms with Crippen LogP contribution in [0, 0.1) is 0 Å². The van der Waals surface area contributed by atoms with Gasteiger partial charge in [-0.15, -0.1) is 0 Å². The third-order valence-corrected chi connectivity index (χ3v) is 1.33. The van der Waals surface area contributed by atoms with Crippen molar-refractivity contribution >= 4 is 6.29 Å². The second kappa shape index (κ2) is 5.13. The minimum absolute atomic E-state index is 0.485. The fourth-order valence-electron chi connectivity index (χ4n) is 0.794. The molecule has 0 amide bonds. The molecule has 0 aliphatic heterocycles. The van der Waals surface area contributed by atoms with Gasteiger partial charge in [0, 0.05) is 6.08 Å². The SMILES string of the molecule is O=[C]C=COCc1ccccc1. The van der Waals surface area contributed by atoms with Crippen molar-refractivity contribution in [1.29, 1.82) is 0 Å². The molecule has 1 aromatic rings. The van der Waals surface area contributed by atoms with Gasteiger partial charge >= 0.3 is 0 Å². The average Bonchev–Trinajstić information content (AvgIpc) is 2.14. The van der Waals surface area contributed by atoms with Crippen LogP contribution in [0.5, 0.6) is 0 Å². The highest BCUT2D eigenvalue weighted by Gasteiger charge is 1.86. The first kappa shape index (κ1) is 8.53. The second-order valence-corrected chi connectivity index (χ2v) is 2.22. The molecule has 0 N–H and O–H groups in total. The fraction of sp³-hybridized carbons (Fsp3) is 0.100. The first-order chi connectivity index (χ1) is 5.93. The van der Waals surface area contributed by atoms with E-state index in [0.717, 1.165) is 5.56 Å². The summed E-state index contributed by atoms with van der Waals surface area (Å²) in [6.07, 6.45) is 4.13. The van der Waals surface area contributed by atoms with E-state index in [9.17, 15) is 4.79 Å². The van der Waals surface area contributed by atoms with E-state index in [1.807, 2.05) is 30.3 Å². The Kier molecular flexibility index (Phi) is 3.64. The van der Waals surface area contributed by atoms with Crippen LogP contribution in [0.3, 0.4) is 0 Å². The fourth-order valence-corrected chi connectivity index (χ4v) is 0.794. The smallest absolute Gasteiger partial charge is 0.228 e. The lowest BCUT2D eigenvalue weighted by Gasteiger charge is -1.98. The van der Waals surface area contributed by atoms with Crippen LogP contribution >= 0.6 is 0 Å². The normalized spacial score (nSPS) is 10.0. The molecule has 2 heteroatoms. The third kappa shape index (κ3) is 3.01. The van der Waals surface area contributed by atoms with E-state index in [4.69, 9.17) is 4.74 Å². The predicted octanol–water partition coefficient (Wildman–Crippen LogP) is 1.83. The predicted molar refractivity (Wildman–Crippen MR) is 46.1 cm³/mol. The molecule has 0 aromatic heterocycles. The zero-order valence-electron chi connectivity index (χ0n) is 6.57. The zero-order valence-corrected chi connectivity index (χ0v) is 6.57. The Hall–Kier alpha value is -1.57. The molecule has 1 rings (SSSR count). The molecule has 0 saturated carbocycles. The maximum absolute atomic E-state index is 9.72. The van der Waals surface area contributed by atoms with Crippen molar-refractivity contribution in [3.63, 3.8) is 0 Å². The summed E-state index contributed by atoms with van der Waals surface area (Å²) in [5.74, 6) is 0. The maximum Gasteiger partial charge on any atom is 0.228 e. The van der Waals surface area contributed by atoms with Gasteiger partial charge in [-0.25, -0.2) is 0 Å². The Bertz CT molecular complexity index is 252. The van der Waals surface area contributed by atoms with Gasteiger partial charge in [0.25, 0.3) is 0 Å². The summed E-state index contributed by atoms with van der Waals surface area (Å²) in [5.41, 5.74) is 1.08. The van der Waals surface area contributed by atoms with E-state index >= 15 is 0 Å². The van der Waals surface area contributed by atoms with E-state index in [1.165, 1.54) is 12.3 Å². The van der Waals surface area contributed by atoms with E-state index in [1.54, 1.807) is 6.29 Å². The summed E-state index contributed by atoms with van der Waals surface area (Å²) >= 11 is 0. The highest BCUT2D eigenvalue weighted by atomic mass is 16.5. The highest BCUT2D eigenvalue weighted by molar-refractivity contribution is 5.64. The van der Waals surface area contributed by atoms with Gasteiger partial charge in [0.2, 0.25) is 6.29 Å². The van der Waals surface area contributed by atoms with E-state index in [0.29, 0.717) is 6.61 Å². The minimum Gasteiger partial charge on any atom is -0.496 e. The number of allylic oxidation sites excluding steroid dienone is 1. The Labute approximate surface area is 71.5 Å².